The van der Waals surface area contributed by atoms with Gasteiger partial charge in [0.1, 0.15) is 35.8 Å². The van der Waals surface area contributed by atoms with Crippen molar-refractivity contribution in [2.24, 2.45) is 0 Å². The number of anilines is 1. The normalized spacial score (nSPS) is 24.9. The summed E-state index contributed by atoms with van der Waals surface area (Å²) < 4.78 is 53.6. The molecule has 0 amide bonds. The molecule has 40 heavy (non-hydrogen) atoms. The molecular weight excluding hydrogens is 546 g/mol. The monoisotopic (exact) mass is 578 g/mol. The molecule has 1 saturated heterocycles. The molecule has 1 aromatic carbocycles. The van der Waals surface area contributed by atoms with Crippen molar-refractivity contribution >= 4 is 30.7 Å². The van der Waals surface area contributed by atoms with E-state index in [1.54, 1.807) is 51.2 Å². The Morgan fingerprint density at radius 3 is 2.67 bits per heavy atom. The van der Waals surface area contributed by atoms with Gasteiger partial charge in [0.15, 0.2) is 17.7 Å². The van der Waals surface area contributed by atoms with Gasteiger partial charge in [0.25, 0.3) is 0 Å². The molecule has 4 rings (SSSR count). The lowest BCUT2D eigenvalue weighted by Crippen LogP contribution is -2.42. The molecule has 3 N–H and O–H groups in total. The highest BCUT2D eigenvalue weighted by atomic mass is 31.2. The number of nitrogens with one attached hydrogen (secondary N) is 2. The van der Waals surface area contributed by atoms with Crippen molar-refractivity contribution in [3.8, 4) is 5.75 Å². The van der Waals surface area contributed by atoms with Crippen LogP contribution in [-0.2, 0) is 23.4 Å². The minimum absolute atomic E-state index is 0.185. The van der Waals surface area contributed by atoms with E-state index >= 15 is 4.39 Å². The van der Waals surface area contributed by atoms with Crippen molar-refractivity contribution in [1.82, 2.24) is 24.6 Å². The van der Waals surface area contributed by atoms with E-state index in [0.29, 0.717) is 11.3 Å². The van der Waals surface area contributed by atoms with Crippen LogP contribution in [0.15, 0.2) is 55.6 Å². The zero-order valence-corrected chi connectivity index (χ0v) is 23.3. The number of hydrogen-bond acceptors (Lipinski definition) is 11. The van der Waals surface area contributed by atoms with E-state index in [1.807, 2.05) is 0 Å². The third-order valence-electron chi connectivity index (χ3n) is 6.08. The number of alkyl halides is 1. The molecule has 0 radical (unpaired) electrons. The third-order valence-corrected chi connectivity index (χ3v) is 7.73. The number of esters is 1. The molecule has 13 nitrogen and oxygen atoms in total. The number of para-hydroxylation sites is 1. The second kappa shape index (κ2) is 12.0. The van der Waals surface area contributed by atoms with E-state index in [0.717, 1.165) is 6.08 Å². The highest BCUT2D eigenvalue weighted by molar-refractivity contribution is 7.52. The van der Waals surface area contributed by atoms with Crippen LogP contribution in [0.25, 0.3) is 11.2 Å². The van der Waals surface area contributed by atoms with Gasteiger partial charge >= 0.3 is 13.7 Å². The number of ether oxygens (including phenoxy) is 2. The maximum Gasteiger partial charge on any atom is 0.459 e. The summed E-state index contributed by atoms with van der Waals surface area (Å²) in [5, 5.41) is 16.4. The van der Waals surface area contributed by atoms with Gasteiger partial charge in [-0.15, -0.1) is 0 Å². The second-order valence-corrected chi connectivity index (χ2v) is 11.0. The van der Waals surface area contributed by atoms with Gasteiger partial charge in [0.05, 0.1) is 19.0 Å². The Balaban J connectivity index is 1.58. The van der Waals surface area contributed by atoms with Crippen LogP contribution in [-0.4, -0.2) is 74.3 Å². The van der Waals surface area contributed by atoms with Crippen LogP contribution in [0.5, 0.6) is 5.75 Å². The second-order valence-electron chi connectivity index (χ2n) is 9.33. The number of rotatable bonds is 12. The number of aliphatic hydroxyl groups excluding tert-OH is 1. The van der Waals surface area contributed by atoms with Crippen LogP contribution in [0.4, 0.5) is 10.2 Å². The number of imidazole rings is 1. The number of benzene rings is 1. The summed E-state index contributed by atoms with van der Waals surface area (Å²) in [4.78, 5) is 24.9. The average molecular weight is 579 g/mol. The molecule has 1 fully saturated rings. The summed E-state index contributed by atoms with van der Waals surface area (Å²) in [6.07, 6.45) is -1.45. The Kier molecular flexibility index (Phi) is 8.86. The molecular formula is C25H32FN6O7P. The smallest absolute Gasteiger partial charge is 0.459 e. The number of carbonyl (C=O) groups is 1. The summed E-state index contributed by atoms with van der Waals surface area (Å²) in [5.41, 5.74) is -1.89. The molecule has 1 aliphatic heterocycles. The standard InChI is InChI=1S/C25H32FN6O7P/c1-6-25(26)20(33)18(38-24(25)32-14-30-19-21(27-5)28-13-29-22(19)32)12-36-40(35,39-17-10-8-7-9-11-17)31-16(4)23(34)37-15(2)3/h6-11,13-16,18,20,24,33H,1,12H2,2-5H3,(H,31,35)(H,27,28,29)/t16?,18-,20-,24-,25-,40?/m1/s1. The Morgan fingerprint density at radius 2 is 2.02 bits per heavy atom. The first-order valence-corrected chi connectivity index (χ1v) is 14.0. The Bertz CT molecular complexity index is 1390. The van der Waals surface area contributed by atoms with Crippen molar-refractivity contribution < 1.29 is 37.4 Å². The number of hydrogen-bond donors (Lipinski definition) is 3. The summed E-state index contributed by atoms with van der Waals surface area (Å²) in [6, 6.07) is 7.04. The van der Waals surface area contributed by atoms with Crippen molar-refractivity contribution in [3.05, 3.63) is 55.6 Å². The van der Waals surface area contributed by atoms with Crippen LogP contribution in [0, 0.1) is 0 Å². The van der Waals surface area contributed by atoms with Gasteiger partial charge in [-0.05, 0) is 39.0 Å². The average Bonchev–Trinajstić information content (AvgIpc) is 3.46. The third kappa shape index (κ3) is 6.01. The summed E-state index contributed by atoms with van der Waals surface area (Å²) in [7, 11) is -2.64. The lowest BCUT2D eigenvalue weighted by Gasteiger charge is -2.26. The summed E-state index contributed by atoms with van der Waals surface area (Å²) >= 11 is 0. The maximum atomic E-state index is 16.2. The molecule has 0 saturated carbocycles. The van der Waals surface area contributed by atoms with E-state index in [2.05, 4.69) is 31.9 Å². The number of aromatic nitrogens is 4. The van der Waals surface area contributed by atoms with Gasteiger partial charge in [-0.25, -0.2) is 23.9 Å². The Morgan fingerprint density at radius 1 is 1.30 bits per heavy atom. The maximum absolute atomic E-state index is 16.2. The zero-order chi connectivity index (χ0) is 29.1. The number of aliphatic hydroxyl groups is 1. The van der Waals surface area contributed by atoms with Gasteiger partial charge in [-0.3, -0.25) is 13.9 Å². The van der Waals surface area contributed by atoms with E-state index in [-0.39, 0.29) is 11.4 Å². The molecule has 6 atom stereocenters. The van der Waals surface area contributed by atoms with Crippen LogP contribution >= 0.6 is 7.75 Å². The molecule has 3 aromatic rings. The molecule has 3 heterocycles. The summed E-state index contributed by atoms with van der Waals surface area (Å²) in [6.45, 7) is 7.74. The van der Waals surface area contributed by atoms with Crippen molar-refractivity contribution in [2.45, 2.75) is 57.0 Å². The zero-order valence-electron chi connectivity index (χ0n) is 22.4. The molecule has 0 aliphatic carbocycles. The Hall–Kier alpha value is -3.42. The topological polar surface area (TPSA) is 159 Å². The highest BCUT2D eigenvalue weighted by Gasteiger charge is 2.57. The summed E-state index contributed by atoms with van der Waals surface area (Å²) in [5.74, 6) is -0.0816. The van der Waals surface area contributed by atoms with Crippen molar-refractivity contribution in [3.63, 3.8) is 0 Å². The van der Waals surface area contributed by atoms with Crippen LogP contribution in [0.3, 0.4) is 0 Å². The number of nitrogens with zero attached hydrogens (tertiary/aromatic N) is 4. The fourth-order valence-electron chi connectivity index (χ4n) is 4.12. The van der Waals surface area contributed by atoms with Gasteiger partial charge in [-0.2, -0.15) is 5.09 Å². The Labute approximate surface area is 230 Å². The van der Waals surface area contributed by atoms with Gasteiger partial charge in [-0.1, -0.05) is 24.8 Å². The largest absolute Gasteiger partial charge is 0.462 e. The quantitative estimate of drug-likeness (QED) is 0.164. The lowest BCUT2D eigenvalue weighted by molar-refractivity contribution is -0.149. The SMILES string of the molecule is C=C[C@@]1(F)[C@H](O)[C@@H](COP(=O)(NC(C)C(=O)OC(C)C)Oc2ccccc2)O[C@H]1n1cnc2c(NC)ncnc21. The first kappa shape index (κ1) is 29.6. The first-order chi connectivity index (χ1) is 19.0. The van der Waals surface area contributed by atoms with Crippen LogP contribution in [0.1, 0.15) is 27.0 Å². The fraction of sp³-hybridized carbons (Fsp3) is 0.440. The highest BCUT2D eigenvalue weighted by Crippen LogP contribution is 2.48. The number of halogens is 1. The van der Waals surface area contributed by atoms with E-state index in [4.69, 9.17) is 18.5 Å². The fourth-order valence-corrected chi connectivity index (χ4v) is 5.62. The molecule has 2 aromatic heterocycles. The van der Waals surface area contributed by atoms with Crippen LogP contribution < -0.4 is 14.9 Å². The lowest BCUT2D eigenvalue weighted by atomic mass is 9.96. The molecule has 1 aliphatic rings. The van der Waals surface area contributed by atoms with E-state index in [1.165, 1.54) is 24.1 Å². The molecule has 0 bridgehead atoms. The molecule has 0 spiro atoms. The van der Waals surface area contributed by atoms with Crippen molar-refractivity contribution in [1.29, 1.82) is 0 Å². The van der Waals surface area contributed by atoms with E-state index < -0.39 is 56.6 Å². The van der Waals surface area contributed by atoms with Gasteiger partial charge < -0.3 is 24.4 Å². The molecule has 15 heteroatoms. The number of carbonyl (C=O) groups excluding carboxylic acids is 1. The predicted octanol–water partition coefficient (Wildman–Crippen LogP) is 3.15. The van der Waals surface area contributed by atoms with Gasteiger partial charge in [0, 0.05) is 7.05 Å². The van der Waals surface area contributed by atoms with E-state index in [9.17, 15) is 14.5 Å². The van der Waals surface area contributed by atoms with Crippen molar-refractivity contribution in [2.75, 3.05) is 19.0 Å². The van der Waals surface area contributed by atoms with Crippen LogP contribution in [0.2, 0.25) is 0 Å². The first-order valence-electron chi connectivity index (χ1n) is 12.5. The number of fused-ring (bicyclic) bond motifs is 1. The van der Waals surface area contributed by atoms with Gasteiger partial charge in [0.2, 0.25) is 5.67 Å². The predicted molar refractivity (Wildman–Crippen MR) is 143 cm³/mol. The molecule has 2 unspecified atom stereocenters. The minimum Gasteiger partial charge on any atom is -0.462 e. The molecule has 216 valence electrons. The minimum atomic E-state index is -4.29.